The summed E-state index contributed by atoms with van der Waals surface area (Å²) in [5.74, 6) is 0.309. The summed E-state index contributed by atoms with van der Waals surface area (Å²) < 4.78 is 1.56. The van der Waals surface area contributed by atoms with Gasteiger partial charge in [-0.1, -0.05) is 17.3 Å². The van der Waals surface area contributed by atoms with E-state index in [-0.39, 0.29) is 5.91 Å². The molecular weight excluding hydrogens is 340 g/mol. The summed E-state index contributed by atoms with van der Waals surface area (Å²) in [7, 11) is 1.77. The van der Waals surface area contributed by atoms with Gasteiger partial charge in [0.15, 0.2) is 5.82 Å². The second-order valence-electron chi connectivity index (χ2n) is 7.70. The highest BCUT2D eigenvalue weighted by atomic mass is 16.1. The molecule has 144 valence electrons. The number of nitrogens with zero attached hydrogens (tertiary/aromatic N) is 5. The van der Waals surface area contributed by atoms with Crippen LogP contribution in [0, 0.1) is 0 Å². The van der Waals surface area contributed by atoms with E-state index in [4.69, 9.17) is 0 Å². The fourth-order valence-electron chi connectivity index (χ4n) is 4.16. The first-order valence-corrected chi connectivity index (χ1v) is 9.90. The normalized spacial score (nSPS) is 21.0. The highest BCUT2D eigenvalue weighted by Gasteiger charge is 2.27. The zero-order valence-corrected chi connectivity index (χ0v) is 16.0. The summed E-state index contributed by atoms with van der Waals surface area (Å²) >= 11 is 0. The van der Waals surface area contributed by atoms with Crippen molar-refractivity contribution in [1.29, 1.82) is 0 Å². The third kappa shape index (κ3) is 4.54. The minimum atomic E-state index is -0.157. The van der Waals surface area contributed by atoms with Gasteiger partial charge in [0.1, 0.15) is 0 Å². The molecular formula is C20H28N6O. The zero-order chi connectivity index (χ0) is 18.6. The standard InChI is InChI=1S/C20H28N6O/c1-24-15-19(22-23-24)21-20(27)17-8-6-16(7-9-17)13-26-12-4-5-18(26)14-25-10-2-3-11-25/h6-9,15,18H,2-5,10-14H2,1H3,(H,21,27)/t18-/m0/s1. The van der Waals surface area contributed by atoms with Crippen molar-refractivity contribution < 1.29 is 4.79 Å². The van der Waals surface area contributed by atoms with Crippen LogP contribution in [-0.2, 0) is 13.6 Å². The van der Waals surface area contributed by atoms with Gasteiger partial charge in [0.25, 0.3) is 5.91 Å². The van der Waals surface area contributed by atoms with E-state index in [1.54, 1.807) is 17.9 Å². The molecule has 4 rings (SSSR count). The van der Waals surface area contributed by atoms with Crippen LogP contribution >= 0.6 is 0 Å². The lowest BCUT2D eigenvalue weighted by Gasteiger charge is -2.28. The first-order chi connectivity index (χ1) is 13.2. The molecule has 7 nitrogen and oxygen atoms in total. The Hall–Kier alpha value is -2.25. The van der Waals surface area contributed by atoms with Crippen molar-refractivity contribution in [3.8, 4) is 0 Å². The fraction of sp³-hybridized carbons (Fsp3) is 0.550. The van der Waals surface area contributed by atoms with E-state index in [1.807, 2.05) is 12.1 Å². The van der Waals surface area contributed by atoms with E-state index in [2.05, 4.69) is 37.6 Å². The molecule has 1 atom stereocenters. The van der Waals surface area contributed by atoms with E-state index in [0.29, 0.717) is 17.4 Å². The van der Waals surface area contributed by atoms with Crippen molar-refractivity contribution in [1.82, 2.24) is 24.8 Å². The molecule has 2 fully saturated rings. The highest BCUT2D eigenvalue weighted by molar-refractivity contribution is 6.03. The van der Waals surface area contributed by atoms with Crippen molar-refractivity contribution in [2.45, 2.75) is 38.3 Å². The van der Waals surface area contributed by atoms with Crippen LogP contribution in [0.1, 0.15) is 41.6 Å². The molecule has 0 aliphatic carbocycles. The van der Waals surface area contributed by atoms with E-state index in [0.717, 1.165) is 6.54 Å². The van der Waals surface area contributed by atoms with E-state index >= 15 is 0 Å². The number of carbonyl (C=O) groups is 1. The molecule has 3 heterocycles. The maximum Gasteiger partial charge on any atom is 0.256 e. The van der Waals surface area contributed by atoms with Crippen LogP contribution in [0.2, 0.25) is 0 Å². The molecule has 0 saturated carbocycles. The van der Waals surface area contributed by atoms with Crippen LogP contribution in [0.3, 0.4) is 0 Å². The van der Waals surface area contributed by atoms with Gasteiger partial charge in [0.2, 0.25) is 0 Å². The van der Waals surface area contributed by atoms with Crippen LogP contribution in [0.25, 0.3) is 0 Å². The van der Waals surface area contributed by atoms with E-state index in [9.17, 15) is 4.79 Å². The Morgan fingerprint density at radius 2 is 1.93 bits per heavy atom. The van der Waals surface area contributed by atoms with Crippen molar-refractivity contribution >= 4 is 11.7 Å². The third-order valence-corrected chi connectivity index (χ3v) is 5.61. The quantitative estimate of drug-likeness (QED) is 0.846. The zero-order valence-electron chi connectivity index (χ0n) is 16.0. The second-order valence-corrected chi connectivity index (χ2v) is 7.70. The Bertz CT molecular complexity index is 765. The maximum atomic E-state index is 12.3. The van der Waals surface area contributed by atoms with Gasteiger partial charge < -0.3 is 10.2 Å². The summed E-state index contributed by atoms with van der Waals surface area (Å²) in [6, 6.07) is 8.59. The number of aromatic nitrogens is 3. The van der Waals surface area contributed by atoms with Crippen molar-refractivity contribution in [3.63, 3.8) is 0 Å². The summed E-state index contributed by atoms with van der Waals surface area (Å²) in [6.45, 7) is 5.87. The lowest BCUT2D eigenvalue weighted by atomic mass is 10.1. The Balaban J connectivity index is 1.33. The molecule has 1 amide bonds. The van der Waals surface area contributed by atoms with Crippen molar-refractivity contribution in [3.05, 3.63) is 41.6 Å². The van der Waals surface area contributed by atoms with Gasteiger partial charge in [-0.2, -0.15) is 0 Å². The Morgan fingerprint density at radius 3 is 2.63 bits per heavy atom. The summed E-state index contributed by atoms with van der Waals surface area (Å²) in [5.41, 5.74) is 1.90. The minimum absolute atomic E-state index is 0.157. The topological polar surface area (TPSA) is 66.3 Å². The molecule has 2 aromatic rings. The monoisotopic (exact) mass is 368 g/mol. The molecule has 27 heavy (non-hydrogen) atoms. The predicted molar refractivity (Wildman–Crippen MR) is 105 cm³/mol. The molecule has 0 radical (unpaired) electrons. The smallest absolute Gasteiger partial charge is 0.256 e. The van der Waals surface area contributed by atoms with Gasteiger partial charge in [-0.05, 0) is 63.0 Å². The molecule has 2 aliphatic heterocycles. The lowest BCUT2D eigenvalue weighted by molar-refractivity contribution is 0.102. The number of likely N-dealkylation sites (tertiary alicyclic amines) is 2. The average Bonchev–Trinajstić information content (AvgIpc) is 3.41. The molecule has 0 spiro atoms. The lowest BCUT2D eigenvalue weighted by Crippen LogP contribution is -2.38. The van der Waals surface area contributed by atoms with Crippen LogP contribution in [0.15, 0.2) is 30.5 Å². The first kappa shape index (κ1) is 18.1. The van der Waals surface area contributed by atoms with E-state index < -0.39 is 0 Å². The molecule has 2 aliphatic rings. The van der Waals surface area contributed by atoms with Gasteiger partial charge in [-0.3, -0.25) is 14.4 Å². The molecule has 1 N–H and O–H groups in total. The minimum Gasteiger partial charge on any atom is -0.304 e. The number of nitrogens with one attached hydrogen (secondary N) is 1. The van der Waals surface area contributed by atoms with Crippen molar-refractivity contribution in [2.75, 3.05) is 31.5 Å². The van der Waals surface area contributed by atoms with E-state index in [1.165, 1.54) is 57.4 Å². The fourth-order valence-corrected chi connectivity index (χ4v) is 4.16. The van der Waals surface area contributed by atoms with Gasteiger partial charge in [-0.15, -0.1) is 5.10 Å². The summed E-state index contributed by atoms with van der Waals surface area (Å²) in [5, 5.41) is 10.5. The Labute approximate surface area is 160 Å². The summed E-state index contributed by atoms with van der Waals surface area (Å²) in [6.07, 6.45) is 6.97. The number of aryl methyl sites for hydroxylation is 1. The molecule has 7 heteroatoms. The molecule has 1 aromatic heterocycles. The second kappa shape index (κ2) is 8.19. The van der Waals surface area contributed by atoms with Crippen LogP contribution in [0.5, 0.6) is 0 Å². The molecule has 0 unspecified atom stereocenters. The Kier molecular flexibility index (Phi) is 5.50. The Morgan fingerprint density at radius 1 is 1.15 bits per heavy atom. The number of carbonyl (C=O) groups excluding carboxylic acids is 1. The van der Waals surface area contributed by atoms with Gasteiger partial charge in [0.05, 0.1) is 6.20 Å². The number of anilines is 1. The number of hydrogen-bond acceptors (Lipinski definition) is 5. The molecule has 1 aromatic carbocycles. The first-order valence-electron chi connectivity index (χ1n) is 9.90. The largest absolute Gasteiger partial charge is 0.304 e. The predicted octanol–water partition coefficient (Wildman–Crippen LogP) is 2.13. The SMILES string of the molecule is Cn1cc(NC(=O)c2ccc(CN3CCC[C@H]3CN3CCCC3)cc2)nn1. The van der Waals surface area contributed by atoms with Crippen molar-refractivity contribution in [2.24, 2.45) is 7.05 Å². The number of amides is 1. The molecule has 2 saturated heterocycles. The summed E-state index contributed by atoms with van der Waals surface area (Å²) in [4.78, 5) is 17.5. The number of benzene rings is 1. The third-order valence-electron chi connectivity index (χ3n) is 5.61. The van der Waals surface area contributed by atoms with Crippen LogP contribution < -0.4 is 5.32 Å². The number of hydrogen-bond donors (Lipinski definition) is 1. The van der Waals surface area contributed by atoms with Crippen LogP contribution in [-0.4, -0.2) is 62.9 Å². The average molecular weight is 368 g/mol. The van der Waals surface area contributed by atoms with Gasteiger partial charge >= 0.3 is 0 Å². The number of rotatable bonds is 6. The molecule has 0 bridgehead atoms. The van der Waals surface area contributed by atoms with Gasteiger partial charge in [-0.25, -0.2) is 0 Å². The highest BCUT2D eigenvalue weighted by Crippen LogP contribution is 2.22. The maximum absolute atomic E-state index is 12.3. The van der Waals surface area contributed by atoms with Crippen LogP contribution in [0.4, 0.5) is 5.82 Å². The van der Waals surface area contributed by atoms with Gasteiger partial charge in [0, 0.05) is 31.7 Å².